The van der Waals surface area contributed by atoms with Crippen LogP contribution in [0.15, 0.2) is 12.3 Å². The van der Waals surface area contributed by atoms with Gasteiger partial charge in [-0.3, -0.25) is 4.79 Å². The molecule has 78 valence electrons. The van der Waals surface area contributed by atoms with Crippen LogP contribution in [0.1, 0.15) is 22.3 Å². The van der Waals surface area contributed by atoms with Crippen LogP contribution in [0.2, 0.25) is 0 Å². The maximum absolute atomic E-state index is 10.7. The summed E-state index contributed by atoms with van der Waals surface area (Å²) in [4.78, 5) is 17.3. The van der Waals surface area contributed by atoms with Crippen LogP contribution < -0.4 is 4.90 Å². The number of hydrogen-bond donors (Lipinski definition) is 0. The Morgan fingerprint density at radius 2 is 2.20 bits per heavy atom. The van der Waals surface area contributed by atoms with Crippen molar-refractivity contribution < 1.29 is 4.79 Å². The highest BCUT2D eigenvalue weighted by Gasteiger charge is 2.45. The van der Waals surface area contributed by atoms with Crippen LogP contribution in [0.3, 0.4) is 0 Å². The van der Waals surface area contributed by atoms with E-state index in [9.17, 15) is 4.79 Å². The van der Waals surface area contributed by atoms with Crippen molar-refractivity contribution in [3.63, 3.8) is 0 Å². The highest BCUT2D eigenvalue weighted by Crippen LogP contribution is 2.45. The first-order valence-corrected chi connectivity index (χ1v) is 5.44. The molecule has 1 aliphatic carbocycles. The van der Waals surface area contributed by atoms with Crippen LogP contribution in [0.25, 0.3) is 0 Å². The minimum atomic E-state index is 0.697. The Hall–Kier alpha value is -1.38. The highest BCUT2D eigenvalue weighted by molar-refractivity contribution is 5.77. The fourth-order valence-corrected chi connectivity index (χ4v) is 2.43. The molecule has 1 aromatic rings. The average molecular weight is 202 g/mol. The normalized spacial score (nSPS) is 27.7. The van der Waals surface area contributed by atoms with Gasteiger partial charge < -0.3 is 4.90 Å². The van der Waals surface area contributed by atoms with Gasteiger partial charge in [-0.15, -0.1) is 0 Å². The number of aldehydes is 1. The maximum Gasteiger partial charge on any atom is 0.151 e. The zero-order valence-corrected chi connectivity index (χ0v) is 8.81. The summed E-state index contributed by atoms with van der Waals surface area (Å²) in [6, 6.07) is 2.02. The highest BCUT2D eigenvalue weighted by atomic mass is 16.1. The molecule has 1 saturated carbocycles. The monoisotopic (exact) mass is 202 g/mol. The van der Waals surface area contributed by atoms with Crippen LogP contribution >= 0.6 is 0 Å². The van der Waals surface area contributed by atoms with E-state index in [1.807, 2.05) is 13.0 Å². The topological polar surface area (TPSA) is 33.2 Å². The van der Waals surface area contributed by atoms with Gasteiger partial charge in [-0.1, -0.05) is 0 Å². The number of carbonyl (C=O) groups excluding carboxylic acids is 1. The lowest BCUT2D eigenvalue weighted by molar-refractivity contribution is 0.112. The lowest BCUT2D eigenvalue weighted by Crippen LogP contribution is -2.23. The molecule has 2 fully saturated rings. The molecule has 2 aliphatic rings. The third kappa shape index (κ3) is 1.42. The van der Waals surface area contributed by atoms with Gasteiger partial charge in [-0.25, -0.2) is 4.98 Å². The number of aryl methyl sites for hydroxylation is 1. The minimum Gasteiger partial charge on any atom is -0.356 e. The molecule has 3 rings (SSSR count). The molecular formula is C12H14N2O. The van der Waals surface area contributed by atoms with Gasteiger partial charge in [0.1, 0.15) is 5.82 Å². The number of fused-ring (bicyclic) bond motifs is 1. The summed E-state index contributed by atoms with van der Waals surface area (Å²) in [6.45, 7) is 4.26. The Balaban J connectivity index is 1.86. The number of hydrogen-bond acceptors (Lipinski definition) is 3. The molecular weight excluding hydrogens is 188 g/mol. The van der Waals surface area contributed by atoms with E-state index in [1.54, 1.807) is 6.20 Å². The molecule has 1 aromatic heterocycles. The van der Waals surface area contributed by atoms with E-state index in [-0.39, 0.29) is 0 Å². The summed E-state index contributed by atoms with van der Waals surface area (Å²) < 4.78 is 0. The quantitative estimate of drug-likeness (QED) is 0.684. The third-order valence-corrected chi connectivity index (χ3v) is 3.57. The standard InChI is InChI=1S/C12H14N2O/c1-8-2-12(13-4-11(8)7-15)14-5-9-3-10(9)6-14/h2,4,7,9-10H,3,5-6H2,1H3. The van der Waals surface area contributed by atoms with Gasteiger partial charge >= 0.3 is 0 Å². The van der Waals surface area contributed by atoms with Crippen molar-refractivity contribution in [2.45, 2.75) is 13.3 Å². The Kier molecular flexibility index (Phi) is 1.81. The van der Waals surface area contributed by atoms with Gasteiger partial charge in [-0.2, -0.15) is 0 Å². The van der Waals surface area contributed by atoms with E-state index in [0.29, 0.717) is 5.56 Å². The molecule has 2 atom stereocenters. The van der Waals surface area contributed by atoms with Crippen molar-refractivity contribution >= 4 is 12.1 Å². The zero-order chi connectivity index (χ0) is 10.4. The summed E-state index contributed by atoms with van der Waals surface area (Å²) in [5.41, 5.74) is 1.72. The summed E-state index contributed by atoms with van der Waals surface area (Å²) in [5.74, 6) is 2.86. The second kappa shape index (κ2) is 3.05. The number of piperidine rings is 1. The van der Waals surface area contributed by atoms with Crippen LogP contribution in [0, 0.1) is 18.8 Å². The van der Waals surface area contributed by atoms with E-state index in [2.05, 4.69) is 9.88 Å². The summed E-state index contributed by atoms with van der Waals surface area (Å²) in [5, 5.41) is 0. The number of carbonyl (C=O) groups is 1. The van der Waals surface area contributed by atoms with Crippen molar-refractivity contribution in [3.05, 3.63) is 23.4 Å². The number of pyridine rings is 1. The van der Waals surface area contributed by atoms with Gasteiger partial charge in [0.2, 0.25) is 0 Å². The van der Waals surface area contributed by atoms with Gasteiger partial charge in [0, 0.05) is 24.8 Å². The van der Waals surface area contributed by atoms with Crippen molar-refractivity contribution in [2.24, 2.45) is 11.8 Å². The van der Waals surface area contributed by atoms with E-state index in [4.69, 9.17) is 0 Å². The fourth-order valence-electron chi connectivity index (χ4n) is 2.43. The molecule has 1 aliphatic heterocycles. The fraction of sp³-hybridized carbons (Fsp3) is 0.500. The molecule has 0 N–H and O–H groups in total. The van der Waals surface area contributed by atoms with Gasteiger partial charge in [0.05, 0.1) is 0 Å². The van der Waals surface area contributed by atoms with Crippen LogP contribution in [0.5, 0.6) is 0 Å². The number of anilines is 1. The molecule has 3 heteroatoms. The van der Waals surface area contributed by atoms with Crippen molar-refractivity contribution in [2.75, 3.05) is 18.0 Å². The maximum atomic E-state index is 10.7. The molecule has 15 heavy (non-hydrogen) atoms. The average Bonchev–Trinajstić information content (AvgIpc) is 2.86. The second-order valence-electron chi connectivity index (χ2n) is 4.68. The Bertz CT molecular complexity index is 406. The third-order valence-electron chi connectivity index (χ3n) is 3.57. The Labute approximate surface area is 89.1 Å². The first-order valence-electron chi connectivity index (χ1n) is 5.44. The predicted octanol–water partition coefficient (Wildman–Crippen LogP) is 1.66. The Morgan fingerprint density at radius 3 is 2.80 bits per heavy atom. The minimum absolute atomic E-state index is 0.697. The molecule has 0 spiro atoms. The molecule has 0 bridgehead atoms. The zero-order valence-electron chi connectivity index (χ0n) is 8.81. The number of aromatic nitrogens is 1. The molecule has 2 unspecified atom stereocenters. The van der Waals surface area contributed by atoms with Gasteiger partial charge in [0.15, 0.2) is 6.29 Å². The van der Waals surface area contributed by atoms with Crippen molar-refractivity contribution in [1.29, 1.82) is 0 Å². The summed E-state index contributed by atoms with van der Waals surface area (Å²) in [6.07, 6.45) is 3.96. The summed E-state index contributed by atoms with van der Waals surface area (Å²) in [7, 11) is 0. The smallest absolute Gasteiger partial charge is 0.151 e. The number of nitrogens with zero attached hydrogens (tertiary/aromatic N) is 2. The van der Waals surface area contributed by atoms with E-state index in [1.165, 1.54) is 6.42 Å². The van der Waals surface area contributed by atoms with E-state index in [0.717, 1.165) is 42.6 Å². The first kappa shape index (κ1) is 8.89. The van der Waals surface area contributed by atoms with Crippen LogP contribution in [-0.2, 0) is 0 Å². The Morgan fingerprint density at radius 1 is 1.47 bits per heavy atom. The molecule has 0 aromatic carbocycles. The molecule has 2 heterocycles. The molecule has 0 amide bonds. The first-order chi connectivity index (χ1) is 7.28. The molecule has 3 nitrogen and oxygen atoms in total. The largest absolute Gasteiger partial charge is 0.356 e. The lowest BCUT2D eigenvalue weighted by atomic mass is 10.2. The molecule has 1 saturated heterocycles. The van der Waals surface area contributed by atoms with E-state index < -0.39 is 0 Å². The van der Waals surface area contributed by atoms with E-state index >= 15 is 0 Å². The number of rotatable bonds is 2. The van der Waals surface area contributed by atoms with Crippen molar-refractivity contribution in [1.82, 2.24) is 4.98 Å². The van der Waals surface area contributed by atoms with Crippen LogP contribution in [-0.4, -0.2) is 24.4 Å². The summed E-state index contributed by atoms with van der Waals surface area (Å²) >= 11 is 0. The SMILES string of the molecule is Cc1cc(N2CC3CC3C2)ncc1C=O. The predicted molar refractivity (Wildman–Crippen MR) is 58.2 cm³/mol. The van der Waals surface area contributed by atoms with Gasteiger partial charge in [-0.05, 0) is 36.8 Å². The van der Waals surface area contributed by atoms with Gasteiger partial charge in [0.25, 0.3) is 0 Å². The lowest BCUT2D eigenvalue weighted by Gasteiger charge is -2.19. The van der Waals surface area contributed by atoms with Crippen LogP contribution in [0.4, 0.5) is 5.82 Å². The second-order valence-corrected chi connectivity index (χ2v) is 4.68. The molecule has 0 radical (unpaired) electrons. The van der Waals surface area contributed by atoms with Crippen molar-refractivity contribution in [3.8, 4) is 0 Å².